The summed E-state index contributed by atoms with van der Waals surface area (Å²) >= 11 is 1.44. The zero-order valence-corrected chi connectivity index (χ0v) is 16.4. The molecule has 1 aromatic heterocycles. The lowest BCUT2D eigenvalue weighted by atomic mass is 10.0. The molecule has 1 aromatic carbocycles. The quantitative estimate of drug-likeness (QED) is 0.849. The summed E-state index contributed by atoms with van der Waals surface area (Å²) in [6.45, 7) is 1.22. The van der Waals surface area contributed by atoms with Gasteiger partial charge in [-0.25, -0.2) is 0 Å². The Morgan fingerprint density at radius 3 is 2.75 bits per heavy atom. The molecule has 1 fully saturated rings. The van der Waals surface area contributed by atoms with Gasteiger partial charge in [0, 0.05) is 24.4 Å². The molecule has 5 rings (SSSR count). The molecule has 0 radical (unpaired) electrons. The van der Waals surface area contributed by atoms with Crippen LogP contribution in [0.25, 0.3) is 0 Å². The van der Waals surface area contributed by atoms with Gasteiger partial charge in [-0.15, -0.1) is 11.3 Å². The van der Waals surface area contributed by atoms with Gasteiger partial charge in [-0.3, -0.25) is 14.4 Å². The number of hydrogen-bond acceptors (Lipinski definition) is 4. The Morgan fingerprint density at radius 2 is 1.96 bits per heavy atom. The lowest BCUT2D eigenvalue weighted by Gasteiger charge is -2.28. The second kappa shape index (κ2) is 6.44. The van der Waals surface area contributed by atoms with Crippen molar-refractivity contribution >= 4 is 34.1 Å². The molecule has 0 spiro atoms. The van der Waals surface area contributed by atoms with Gasteiger partial charge < -0.3 is 15.1 Å². The highest BCUT2D eigenvalue weighted by molar-refractivity contribution is 7.17. The maximum Gasteiger partial charge on any atom is 0.257 e. The lowest BCUT2D eigenvalue weighted by molar-refractivity contribution is -0.133. The molecule has 2 atom stereocenters. The highest BCUT2D eigenvalue weighted by Gasteiger charge is 2.46. The third-order valence-electron chi connectivity index (χ3n) is 5.90. The molecule has 1 aliphatic carbocycles. The van der Waals surface area contributed by atoms with Crippen LogP contribution in [0.2, 0.25) is 0 Å². The third-order valence-corrected chi connectivity index (χ3v) is 7.03. The number of nitrogens with one attached hydrogen (secondary N) is 1. The molecule has 1 saturated carbocycles. The van der Waals surface area contributed by atoms with E-state index in [-0.39, 0.29) is 30.2 Å². The first kappa shape index (κ1) is 17.4. The minimum Gasteiger partial charge on any atom is -0.337 e. The molecule has 0 bridgehead atoms. The van der Waals surface area contributed by atoms with Gasteiger partial charge in [0.2, 0.25) is 11.8 Å². The fourth-order valence-corrected chi connectivity index (χ4v) is 5.59. The molecule has 3 amide bonds. The summed E-state index contributed by atoms with van der Waals surface area (Å²) in [5.41, 5.74) is 2.85. The van der Waals surface area contributed by atoms with Gasteiger partial charge in [0.1, 0.15) is 5.00 Å². The number of nitrogens with zero attached hydrogens (tertiary/aromatic N) is 2. The number of rotatable bonds is 2. The van der Waals surface area contributed by atoms with Crippen LogP contribution in [-0.2, 0) is 22.6 Å². The van der Waals surface area contributed by atoms with Crippen molar-refractivity contribution in [3.8, 4) is 0 Å². The van der Waals surface area contributed by atoms with Crippen LogP contribution < -0.4 is 5.32 Å². The third kappa shape index (κ3) is 2.81. The van der Waals surface area contributed by atoms with Crippen LogP contribution in [0.4, 0.5) is 5.00 Å². The minimum atomic E-state index is -0.176. The molecule has 2 aromatic rings. The molecule has 1 N–H and O–H groups in total. The van der Waals surface area contributed by atoms with Crippen molar-refractivity contribution in [2.45, 2.75) is 25.3 Å². The number of benzene rings is 1. The predicted octanol–water partition coefficient (Wildman–Crippen LogP) is 2.46. The van der Waals surface area contributed by atoms with Crippen molar-refractivity contribution in [2.75, 3.05) is 25.5 Å². The van der Waals surface area contributed by atoms with E-state index >= 15 is 0 Å². The van der Waals surface area contributed by atoms with Crippen LogP contribution in [0.15, 0.2) is 30.3 Å². The standard InChI is InChI=1S/C21H21N3O3S/c1-23-11-17(25)22-19-18(21(23)27)13-7-8-24(10-16(13)28-19)20(26)15-9-14(15)12-5-3-2-4-6-12/h2-6,14-15H,7-11H2,1H3,(H,22,25)/t14-,15+/m0/s1. The van der Waals surface area contributed by atoms with Crippen LogP contribution in [-0.4, -0.2) is 47.7 Å². The van der Waals surface area contributed by atoms with Crippen molar-refractivity contribution in [1.29, 1.82) is 0 Å². The number of thiophene rings is 1. The van der Waals surface area contributed by atoms with Crippen LogP contribution in [0, 0.1) is 5.92 Å². The Morgan fingerprint density at radius 1 is 1.18 bits per heavy atom. The van der Waals surface area contributed by atoms with Gasteiger partial charge in [0.05, 0.1) is 18.7 Å². The molecule has 28 heavy (non-hydrogen) atoms. The number of fused-ring (bicyclic) bond motifs is 3. The van der Waals surface area contributed by atoms with Gasteiger partial charge in [-0.05, 0) is 29.9 Å². The molecule has 0 saturated heterocycles. The van der Waals surface area contributed by atoms with E-state index in [4.69, 9.17) is 0 Å². The van der Waals surface area contributed by atoms with E-state index in [0.29, 0.717) is 36.0 Å². The van der Waals surface area contributed by atoms with E-state index in [1.54, 1.807) is 7.05 Å². The van der Waals surface area contributed by atoms with Crippen molar-refractivity contribution in [3.05, 3.63) is 51.9 Å². The lowest BCUT2D eigenvalue weighted by Crippen LogP contribution is -2.37. The summed E-state index contributed by atoms with van der Waals surface area (Å²) in [5, 5.41) is 3.49. The average molecular weight is 395 g/mol. The van der Waals surface area contributed by atoms with Crippen molar-refractivity contribution in [3.63, 3.8) is 0 Å². The molecule has 2 aliphatic heterocycles. The molecule has 144 valence electrons. The summed E-state index contributed by atoms with van der Waals surface area (Å²) in [6, 6.07) is 10.2. The average Bonchev–Trinajstić information content (AvgIpc) is 3.43. The first-order chi connectivity index (χ1) is 13.5. The number of hydrogen-bond donors (Lipinski definition) is 1. The first-order valence-corrected chi connectivity index (χ1v) is 10.4. The molecular formula is C21H21N3O3S. The maximum atomic E-state index is 13.0. The Bertz CT molecular complexity index is 984. The Labute approximate surface area is 167 Å². The highest BCUT2D eigenvalue weighted by Crippen LogP contribution is 2.49. The normalized spacial score (nSPS) is 23.6. The van der Waals surface area contributed by atoms with E-state index in [2.05, 4.69) is 17.4 Å². The van der Waals surface area contributed by atoms with E-state index in [1.165, 1.54) is 21.8 Å². The van der Waals surface area contributed by atoms with Gasteiger partial charge in [0.25, 0.3) is 5.91 Å². The topological polar surface area (TPSA) is 69.7 Å². The van der Waals surface area contributed by atoms with Crippen LogP contribution >= 0.6 is 11.3 Å². The minimum absolute atomic E-state index is 0.0641. The second-order valence-electron chi connectivity index (χ2n) is 7.79. The van der Waals surface area contributed by atoms with E-state index in [1.807, 2.05) is 23.1 Å². The summed E-state index contributed by atoms with van der Waals surface area (Å²) in [4.78, 5) is 42.1. The fraction of sp³-hybridized carbons (Fsp3) is 0.381. The maximum absolute atomic E-state index is 13.0. The van der Waals surface area contributed by atoms with Gasteiger partial charge in [-0.2, -0.15) is 0 Å². The van der Waals surface area contributed by atoms with Crippen molar-refractivity contribution < 1.29 is 14.4 Å². The van der Waals surface area contributed by atoms with E-state index in [9.17, 15) is 14.4 Å². The van der Waals surface area contributed by atoms with Crippen molar-refractivity contribution in [1.82, 2.24) is 9.80 Å². The monoisotopic (exact) mass is 395 g/mol. The second-order valence-corrected chi connectivity index (χ2v) is 8.89. The molecule has 0 unspecified atom stereocenters. The Balaban J connectivity index is 1.36. The Kier molecular flexibility index (Phi) is 4.01. The number of anilines is 1. The Hall–Kier alpha value is -2.67. The van der Waals surface area contributed by atoms with Crippen LogP contribution in [0.1, 0.15) is 38.7 Å². The number of likely N-dealkylation sites (N-methyl/N-ethyl adjacent to an activating group) is 1. The summed E-state index contributed by atoms with van der Waals surface area (Å²) < 4.78 is 0. The van der Waals surface area contributed by atoms with Crippen LogP contribution in [0.3, 0.4) is 0 Å². The largest absolute Gasteiger partial charge is 0.337 e. The predicted molar refractivity (Wildman–Crippen MR) is 106 cm³/mol. The molecular weight excluding hydrogens is 374 g/mol. The molecule has 6 nitrogen and oxygen atoms in total. The first-order valence-electron chi connectivity index (χ1n) is 9.56. The van der Waals surface area contributed by atoms with Crippen molar-refractivity contribution in [2.24, 2.45) is 5.92 Å². The zero-order valence-electron chi connectivity index (χ0n) is 15.6. The highest BCUT2D eigenvalue weighted by atomic mass is 32.1. The summed E-state index contributed by atoms with van der Waals surface area (Å²) in [5.74, 6) is 0.302. The number of carbonyl (C=O) groups excluding carboxylic acids is 3. The van der Waals surface area contributed by atoms with Gasteiger partial charge >= 0.3 is 0 Å². The molecule has 3 aliphatic rings. The zero-order chi connectivity index (χ0) is 19.4. The number of carbonyl (C=O) groups is 3. The summed E-state index contributed by atoms with van der Waals surface area (Å²) in [7, 11) is 1.65. The smallest absolute Gasteiger partial charge is 0.257 e. The summed E-state index contributed by atoms with van der Waals surface area (Å²) in [6.07, 6.45) is 1.57. The molecule has 3 heterocycles. The van der Waals surface area contributed by atoms with E-state index < -0.39 is 0 Å². The SMILES string of the molecule is CN1CC(=O)Nc2sc3c(c2C1=O)CCN(C(=O)[C@@H]1C[C@H]1c1ccccc1)C3. The van der Waals surface area contributed by atoms with E-state index in [0.717, 1.165) is 16.9 Å². The van der Waals surface area contributed by atoms with Gasteiger partial charge in [-0.1, -0.05) is 30.3 Å². The van der Waals surface area contributed by atoms with Gasteiger partial charge in [0.15, 0.2) is 0 Å². The number of amides is 3. The van der Waals surface area contributed by atoms with Crippen LogP contribution in [0.5, 0.6) is 0 Å². The fourth-order valence-electron chi connectivity index (χ4n) is 4.32. The molecule has 7 heteroatoms.